The Bertz CT molecular complexity index is 523. The molecule has 0 saturated carbocycles. The highest BCUT2D eigenvalue weighted by atomic mass is 16.4. The molecule has 2 aliphatic rings. The molecule has 0 radical (unpaired) electrons. The van der Waals surface area contributed by atoms with Crippen molar-refractivity contribution in [1.82, 2.24) is 9.88 Å². The van der Waals surface area contributed by atoms with Crippen molar-refractivity contribution in [1.29, 1.82) is 0 Å². The van der Waals surface area contributed by atoms with Crippen molar-refractivity contribution in [2.24, 2.45) is 5.92 Å². The Kier molecular flexibility index (Phi) is 3.32. The zero-order valence-corrected chi connectivity index (χ0v) is 12.3. The van der Waals surface area contributed by atoms with Gasteiger partial charge in [0, 0.05) is 30.5 Å². The third kappa shape index (κ3) is 1.95. The van der Waals surface area contributed by atoms with Gasteiger partial charge in [0.2, 0.25) is 5.76 Å². The van der Waals surface area contributed by atoms with E-state index in [1.807, 2.05) is 25.7 Å². The van der Waals surface area contributed by atoms with Crippen LogP contribution in [0.3, 0.4) is 0 Å². The Balaban J connectivity index is 1.87. The van der Waals surface area contributed by atoms with E-state index in [1.165, 1.54) is 0 Å². The van der Waals surface area contributed by atoms with Crippen LogP contribution in [0, 0.1) is 12.8 Å². The lowest BCUT2D eigenvalue weighted by atomic mass is 9.90. The van der Waals surface area contributed by atoms with Crippen LogP contribution in [0.5, 0.6) is 0 Å². The van der Waals surface area contributed by atoms with Crippen LogP contribution in [0.15, 0.2) is 4.42 Å². The van der Waals surface area contributed by atoms with Gasteiger partial charge in [0.1, 0.15) is 0 Å². The summed E-state index contributed by atoms with van der Waals surface area (Å²) in [6.45, 7) is 5.99. The lowest BCUT2D eigenvalue weighted by Gasteiger charge is -2.22. The summed E-state index contributed by atoms with van der Waals surface area (Å²) < 4.78 is 5.68. The van der Waals surface area contributed by atoms with E-state index in [-0.39, 0.29) is 36.4 Å². The van der Waals surface area contributed by atoms with Crippen LogP contribution in [-0.4, -0.2) is 39.6 Å². The predicted molar refractivity (Wildman–Crippen MR) is 73.5 cm³/mol. The van der Waals surface area contributed by atoms with Crippen molar-refractivity contribution >= 4 is 5.91 Å². The number of hydrogen-bond donors (Lipinski definition) is 1. The molecule has 110 valence electrons. The predicted octanol–water partition coefficient (Wildman–Crippen LogP) is 2.09. The van der Waals surface area contributed by atoms with Gasteiger partial charge in [-0.2, -0.15) is 0 Å². The zero-order chi connectivity index (χ0) is 14.4. The summed E-state index contributed by atoms with van der Waals surface area (Å²) in [6.07, 6.45) is 2.94. The van der Waals surface area contributed by atoms with E-state index < -0.39 is 0 Å². The van der Waals surface area contributed by atoms with Crippen molar-refractivity contribution in [2.75, 3.05) is 6.61 Å². The second kappa shape index (κ2) is 4.88. The maximum absolute atomic E-state index is 12.7. The minimum atomic E-state index is -0.0506. The van der Waals surface area contributed by atoms with Gasteiger partial charge in [-0.25, -0.2) is 4.98 Å². The first-order valence-electron chi connectivity index (χ1n) is 7.43. The molecule has 3 atom stereocenters. The van der Waals surface area contributed by atoms with Crippen LogP contribution < -0.4 is 0 Å². The number of fused-ring (bicyclic) bond motifs is 2. The normalized spacial score (nSPS) is 28.6. The second-order valence-electron chi connectivity index (χ2n) is 6.31. The Labute approximate surface area is 119 Å². The summed E-state index contributed by atoms with van der Waals surface area (Å²) in [5.74, 6) is 1.35. The largest absolute Gasteiger partial charge is 0.435 e. The molecule has 20 heavy (non-hydrogen) atoms. The molecule has 1 N–H and O–H groups in total. The number of amides is 1. The first-order chi connectivity index (χ1) is 9.52. The first kappa shape index (κ1) is 13.6. The van der Waals surface area contributed by atoms with Gasteiger partial charge in [-0.15, -0.1) is 0 Å². The number of hydrogen-bond acceptors (Lipinski definition) is 4. The summed E-state index contributed by atoms with van der Waals surface area (Å²) >= 11 is 0. The monoisotopic (exact) mass is 278 g/mol. The molecule has 2 fully saturated rings. The highest BCUT2D eigenvalue weighted by molar-refractivity contribution is 5.93. The van der Waals surface area contributed by atoms with Gasteiger partial charge >= 0.3 is 0 Å². The van der Waals surface area contributed by atoms with Crippen LogP contribution in [0.4, 0.5) is 0 Å². The molecular weight excluding hydrogens is 256 g/mol. The molecule has 2 bridgehead atoms. The Morgan fingerprint density at radius 1 is 1.50 bits per heavy atom. The van der Waals surface area contributed by atoms with E-state index in [1.54, 1.807) is 0 Å². The molecule has 3 rings (SSSR count). The number of rotatable bonds is 3. The molecule has 3 heterocycles. The second-order valence-corrected chi connectivity index (χ2v) is 6.31. The topological polar surface area (TPSA) is 66.6 Å². The number of carbonyl (C=O) groups is 1. The molecule has 0 aliphatic carbocycles. The lowest BCUT2D eigenvalue weighted by molar-refractivity contribution is 0.0672. The van der Waals surface area contributed by atoms with E-state index in [2.05, 4.69) is 4.98 Å². The fraction of sp³-hybridized carbons (Fsp3) is 0.733. The number of carbonyl (C=O) groups excluding carboxylic acids is 1. The molecule has 2 aliphatic heterocycles. The maximum atomic E-state index is 12.7. The number of aliphatic hydroxyl groups is 1. The van der Waals surface area contributed by atoms with Gasteiger partial charge < -0.3 is 14.4 Å². The van der Waals surface area contributed by atoms with Gasteiger partial charge in [-0.1, -0.05) is 13.8 Å². The van der Waals surface area contributed by atoms with E-state index >= 15 is 0 Å². The smallest absolute Gasteiger partial charge is 0.292 e. The zero-order valence-electron chi connectivity index (χ0n) is 12.3. The van der Waals surface area contributed by atoms with Gasteiger partial charge in [0.15, 0.2) is 5.89 Å². The first-order valence-corrected chi connectivity index (χ1v) is 7.43. The van der Waals surface area contributed by atoms with Crippen LogP contribution in [0.1, 0.15) is 61.2 Å². The highest BCUT2D eigenvalue weighted by Crippen LogP contribution is 2.42. The standard InChI is InChI=1S/C15H22N2O3/c1-8(2)14-16-9(3)13(20-14)15(19)17-11-4-5-12(17)10(6-11)7-18/h8,10-12,18H,4-7H2,1-3H3. The summed E-state index contributed by atoms with van der Waals surface area (Å²) in [7, 11) is 0. The molecule has 1 aromatic rings. The van der Waals surface area contributed by atoms with Crippen LogP contribution in [0.25, 0.3) is 0 Å². The van der Waals surface area contributed by atoms with E-state index in [9.17, 15) is 9.90 Å². The van der Waals surface area contributed by atoms with Gasteiger partial charge in [-0.3, -0.25) is 4.79 Å². The van der Waals surface area contributed by atoms with Crippen LogP contribution >= 0.6 is 0 Å². The molecule has 5 heteroatoms. The van der Waals surface area contributed by atoms with Crippen LogP contribution in [-0.2, 0) is 0 Å². The quantitative estimate of drug-likeness (QED) is 0.919. The van der Waals surface area contributed by atoms with Gasteiger partial charge in [0.25, 0.3) is 5.91 Å². The Morgan fingerprint density at radius 3 is 2.80 bits per heavy atom. The van der Waals surface area contributed by atoms with E-state index in [0.717, 1.165) is 19.3 Å². The summed E-state index contributed by atoms with van der Waals surface area (Å²) in [5.41, 5.74) is 0.672. The molecule has 5 nitrogen and oxygen atoms in total. The molecule has 0 spiro atoms. The molecular formula is C15H22N2O3. The Morgan fingerprint density at radius 2 is 2.25 bits per heavy atom. The van der Waals surface area contributed by atoms with E-state index in [4.69, 9.17) is 4.42 Å². The summed E-state index contributed by atoms with van der Waals surface area (Å²) in [6, 6.07) is 0.432. The number of nitrogens with zero attached hydrogens (tertiary/aromatic N) is 2. The van der Waals surface area contributed by atoms with Crippen molar-refractivity contribution in [3.63, 3.8) is 0 Å². The summed E-state index contributed by atoms with van der Waals surface area (Å²) in [4.78, 5) is 19.0. The van der Waals surface area contributed by atoms with Crippen molar-refractivity contribution in [3.05, 3.63) is 17.3 Å². The minimum absolute atomic E-state index is 0.0506. The average Bonchev–Trinajstić information content (AvgIpc) is 3.09. The van der Waals surface area contributed by atoms with Crippen molar-refractivity contribution in [2.45, 2.75) is 58.0 Å². The molecule has 0 aromatic carbocycles. The van der Waals surface area contributed by atoms with Gasteiger partial charge in [0.05, 0.1) is 5.69 Å². The number of aryl methyl sites for hydroxylation is 1. The fourth-order valence-electron chi connectivity index (χ4n) is 3.61. The van der Waals surface area contributed by atoms with E-state index in [0.29, 0.717) is 17.3 Å². The van der Waals surface area contributed by atoms with Gasteiger partial charge in [-0.05, 0) is 26.2 Å². The third-order valence-electron chi connectivity index (χ3n) is 4.64. The number of aromatic nitrogens is 1. The lowest BCUT2D eigenvalue weighted by Crippen LogP contribution is -2.37. The number of oxazole rings is 1. The third-order valence-corrected chi connectivity index (χ3v) is 4.64. The molecule has 1 aromatic heterocycles. The van der Waals surface area contributed by atoms with Crippen molar-refractivity contribution in [3.8, 4) is 0 Å². The van der Waals surface area contributed by atoms with Crippen molar-refractivity contribution < 1.29 is 14.3 Å². The highest BCUT2D eigenvalue weighted by Gasteiger charge is 2.49. The molecule has 1 amide bonds. The SMILES string of the molecule is Cc1nc(C(C)C)oc1C(=O)N1C2CCC1C(CO)C2. The van der Waals surface area contributed by atoms with Crippen LogP contribution in [0.2, 0.25) is 0 Å². The average molecular weight is 278 g/mol. The number of aliphatic hydroxyl groups excluding tert-OH is 1. The Hall–Kier alpha value is -1.36. The maximum Gasteiger partial charge on any atom is 0.292 e. The molecule has 3 unspecified atom stereocenters. The fourth-order valence-corrected chi connectivity index (χ4v) is 3.61. The summed E-state index contributed by atoms with van der Waals surface area (Å²) in [5, 5.41) is 9.42. The minimum Gasteiger partial charge on any atom is -0.435 e. The molecule has 2 saturated heterocycles.